The molecule has 0 spiro atoms. The fourth-order valence-corrected chi connectivity index (χ4v) is 3.12. The van der Waals surface area contributed by atoms with Crippen molar-refractivity contribution >= 4 is 27.5 Å². The summed E-state index contributed by atoms with van der Waals surface area (Å²) in [7, 11) is 1.63. The molecule has 4 nitrogen and oxygen atoms in total. The number of aromatic nitrogens is 1. The van der Waals surface area contributed by atoms with E-state index >= 15 is 0 Å². The standard InChI is InChI=1S/C12H11NO3S/c1-16-6-2-3-9-10(4-6)17-11(13-9)7-5-8(7)12(14)15/h2-4,7-8H,5H2,1H3,(H,14,15). The van der Waals surface area contributed by atoms with Crippen LogP contribution in [0.5, 0.6) is 5.75 Å². The van der Waals surface area contributed by atoms with Crippen molar-refractivity contribution in [2.45, 2.75) is 12.3 Å². The highest BCUT2D eigenvalue weighted by atomic mass is 32.1. The Morgan fingerprint density at radius 2 is 2.41 bits per heavy atom. The number of benzene rings is 1. The second-order valence-electron chi connectivity index (χ2n) is 4.17. The molecule has 0 saturated heterocycles. The van der Waals surface area contributed by atoms with Crippen molar-refractivity contribution in [1.82, 2.24) is 4.98 Å². The number of thiazole rings is 1. The SMILES string of the molecule is COc1ccc2nc(C3CC3C(=O)O)sc2c1. The minimum atomic E-state index is -0.716. The van der Waals surface area contributed by atoms with E-state index in [1.807, 2.05) is 18.2 Å². The maximum absolute atomic E-state index is 10.8. The molecule has 5 heteroatoms. The van der Waals surface area contributed by atoms with Gasteiger partial charge in [-0.15, -0.1) is 11.3 Å². The molecule has 2 atom stereocenters. The highest BCUT2D eigenvalue weighted by Gasteiger charge is 2.46. The molecule has 1 saturated carbocycles. The van der Waals surface area contributed by atoms with E-state index in [1.165, 1.54) is 0 Å². The maximum atomic E-state index is 10.8. The summed E-state index contributed by atoms with van der Waals surface area (Å²) in [6.45, 7) is 0. The predicted octanol–water partition coefficient (Wildman–Crippen LogP) is 2.49. The molecule has 1 heterocycles. The van der Waals surface area contributed by atoms with Crippen LogP contribution in [0.2, 0.25) is 0 Å². The minimum absolute atomic E-state index is 0.107. The number of hydrogen-bond donors (Lipinski definition) is 1. The Bertz CT molecular complexity index is 592. The summed E-state index contributed by atoms with van der Waals surface area (Å²) in [4.78, 5) is 15.3. The molecule has 0 aliphatic heterocycles. The van der Waals surface area contributed by atoms with Gasteiger partial charge in [0.05, 0.1) is 28.3 Å². The summed E-state index contributed by atoms with van der Waals surface area (Å²) in [6, 6.07) is 5.72. The molecule has 1 aliphatic carbocycles. The van der Waals surface area contributed by atoms with Gasteiger partial charge in [-0.05, 0) is 24.6 Å². The summed E-state index contributed by atoms with van der Waals surface area (Å²) in [6.07, 6.45) is 0.715. The third-order valence-corrected chi connectivity index (χ3v) is 4.19. The fraction of sp³-hybridized carbons (Fsp3) is 0.333. The molecule has 2 aromatic rings. The van der Waals surface area contributed by atoms with Crippen LogP contribution in [0.15, 0.2) is 18.2 Å². The van der Waals surface area contributed by atoms with Gasteiger partial charge in [0.1, 0.15) is 5.75 Å². The van der Waals surface area contributed by atoms with Crippen molar-refractivity contribution in [3.63, 3.8) is 0 Å². The Hall–Kier alpha value is -1.62. The summed E-state index contributed by atoms with van der Waals surface area (Å²) >= 11 is 1.56. The minimum Gasteiger partial charge on any atom is -0.497 e. The molecular formula is C12H11NO3S. The Morgan fingerprint density at radius 1 is 1.59 bits per heavy atom. The number of methoxy groups -OCH3 is 1. The van der Waals surface area contributed by atoms with Gasteiger partial charge in [0, 0.05) is 5.92 Å². The second kappa shape index (κ2) is 3.70. The van der Waals surface area contributed by atoms with Crippen molar-refractivity contribution in [1.29, 1.82) is 0 Å². The number of hydrogen-bond acceptors (Lipinski definition) is 4. The van der Waals surface area contributed by atoms with E-state index in [2.05, 4.69) is 4.98 Å². The van der Waals surface area contributed by atoms with E-state index in [9.17, 15) is 4.79 Å². The van der Waals surface area contributed by atoms with E-state index in [0.29, 0.717) is 6.42 Å². The number of ether oxygens (including phenoxy) is 1. The molecule has 0 bridgehead atoms. The van der Waals surface area contributed by atoms with Crippen molar-refractivity contribution in [2.24, 2.45) is 5.92 Å². The van der Waals surface area contributed by atoms with Crippen LogP contribution in [-0.2, 0) is 4.79 Å². The second-order valence-corrected chi connectivity index (χ2v) is 5.23. The Labute approximate surface area is 102 Å². The van der Waals surface area contributed by atoms with Crippen molar-refractivity contribution in [2.75, 3.05) is 7.11 Å². The van der Waals surface area contributed by atoms with Crippen LogP contribution in [-0.4, -0.2) is 23.2 Å². The first-order valence-electron chi connectivity index (χ1n) is 5.36. The van der Waals surface area contributed by atoms with Gasteiger partial charge < -0.3 is 9.84 Å². The average molecular weight is 249 g/mol. The fourth-order valence-electron chi connectivity index (χ4n) is 1.95. The van der Waals surface area contributed by atoms with Gasteiger partial charge in [0.15, 0.2) is 0 Å². The Morgan fingerprint density at radius 3 is 3.06 bits per heavy atom. The van der Waals surface area contributed by atoms with Gasteiger partial charge >= 0.3 is 5.97 Å². The number of carbonyl (C=O) groups is 1. The van der Waals surface area contributed by atoms with Crippen LogP contribution >= 0.6 is 11.3 Å². The van der Waals surface area contributed by atoms with Crippen molar-refractivity contribution < 1.29 is 14.6 Å². The molecule has 3 rings (SSSR count). The lowest BCUT2D eigenvalue weighted by molar-refractivity contribution is -0.138. The van der Waals surface area contributed by atoms with E-state index in [4.69, 9.17) is 9.84 Å². The zero-order valence-corrected chi connectivity index (χ0v) is 10.0. The van der Waals surface area contributed by atoms with Crippen LogP contribution in [0.3, 0.4) is 0 Å². The molecule has 1 fully saturated rings. The molecule has 17 heavy (non-hydrogen) atoms. The molecule has 1 N–H and O–H groups in total. The highest BCUT2D eigenvalue weighted by molar-refractivity contribution is 7.18. The molecular weight excluding hydrogens is 238 g/mol. The van der Waals surface area contributed by atoms with Crippen LogP contribution in [0.25, 0.3) is 10.2 Å². The number of aliphatic carboxylic acids is 1. The lowest BCUT2D eigenvalue weighted by Gasteiger charge is -1.96. The van der Waals surface area contributed by atoms with Gasteiger partial charge in [0.2, 0.25) is 0 Å². The van der Waals surface area contributed by atoms with Gasteiger partial charge in [-0.25, -0.2) is 4.98 Å². The molecule has 2 unspecified atom stereocenters. The van der Waals surface area contributed by atoms with Gasteiger partial charge in [-0.2, -0.15) is 0 Å². The van der Waals surface area contributed by atoms with Gasteiger partial charge in [-0.3, -0.25) is 4.79 Å². The molecule has 88 valence electrons. The highest BCUT2D eigenvalue weighted by Crippen LogP contribution is 2.49. The molecule has 1 aliphatic rings. The number of nitrogens with zero attached hydrogens (tertiary/aromatic N) is 1. The van der Waals surface area contributed by atoms with Crippen LogP contribution in [0.4, 0.5) is 0 Å². The molecule has 0 amide bonds. The number of carboxylic acids is 1. The van der Waals surface area contributed by atoms with Crippen LogP contribution in [0, 0.1) is 5.92 Å². The topological polar surface area (TPSA) is 59.4 Å². The first-order valence-corrected chi connectivity index (χ1v) is 6.18. The smallest absolute Gasteiger partial charge is 0.307 e. The maximum Gasteiger partial charge on any atom is 0.307 e. The van der Waals surface area contributed by atoms with E-state index in [-0.39, 0.29) is 11.8 Å². The summed E-state index contributed by atoms with van der Waals surface area (Å²) in [5.41, 5.74) is 0.918. The lowest BCUT2D eigenvalue weighted by atomic mass is 10.3. The number of carboxylic acid groups (broad SMARTS) is 1. The molecule has 1 aromatic heterocycles. The number of fused-ring (bicyclic) bond motifs is 1. The van der Waals surface area contributed by atoms with E-state index in [0.717, 1.165) is 21.0 Å². The van der Waals surface area contributed by atoms with Gasteiger partial charge in [-0.1, -0.05) is 0 Å². The summed E-state index contributed by atoms with van der Waals surface area (Å²) in [5.74, 6) is -0.0431. The first kappa shape index (κ1) is 10.5. The Balaban J connectivity index is 1.95. The van der Waals surface area contributed by atoms with Crippen LogP contribution < -0.4 is 4.74 Å². The lowest BCUT2D eigenvalue weighted by Crippen LogP contribution is -1.98. The number of rotatable bonds is 3. The summed E-state index contributed by atoms with van der Waals surface area (Å²) < 4.78 is 6.20. The average Bonchev–Trinajstić information content (AvgIpc) is 3.02. The molecule has 1 aromatic carbocycles. The Kier molecular flexibility index (Phi) is 2.29. The van der Waals surface area contributed by atoms with E-state index < -0.39 is 5.97 Å². The molecule has 0 radical (unpaired) electrons. The first-order chi connectivity index (χ1) is 8.19. The predicted molar refractivity (Wildman–Crippen MR) is 64.7 cm³/mol. The van der Waals surface area contributed by atoms with Gasteiger partial charge in [0.25, 0.3) is 0 Å². The third kappa shape index (κ3) is 1.76. The normalized spacial score (nSPS) is 22.6. The monoisotopic (exact) mass is 249 g/mol. The largest absolute Gasteiger partial charge is 0.497 e. The zero-order chi connectivity index (χ0) is 12.0. The van der Waals surface area contributed by atoms with Crippen LogP contribution in [0.1, 0.15) is 17.3 Å². The zero-order valence-electron chi connectivity index (χ0n) is 9.21. The van der Waals surface area contributed by atoms with Crippen molar-refractivity contribution in [3.8, 4) is 5.75 Å². The quantitative estimate of drug-likeness (QED) is 0.907. The summed E-state index contributed by atoms with van der Waals surface area (Å²) in [5, 5.41) is 9.83. The van der Waals surface area contributed by atoms with Crippen molar-refractivity contribution in [3.05, 3.63) is 23.2 Å². The van der Waals surface area contributed by atoms with E-state index in [1.54, 1.807) is 18.4 Å². The third-order valence-electron chi connectivity index (χ3n) is 3.04.